The van der Waals surface area contributed by atoms with Crippen LogP contribution < -0.4 is 10.5 Å². The molecule has 0 heterocycles. The van der Waals surface area contributed by atoms with Crippen LogP contribution in [0.15, 0.2) is 17.0 Å². The van der Waals surface area contributed by atoms with E-state index in [0.717, 1.165) is 6.42 Å². The van der Waals surface area contributed by atoms with Gasteiger partial charge in [0.15, 0.2) is 0 Å². The highest BCUT2D eigenvalue weighted by molar-refractivity contribution is 7.89. The Hall–Kier alpha value is -0.820. The van der Waals surface area contributed by atoms with Gasteiger partial charge in [0, 0.05) is 23.9 Å². The van der Waals surface area contributed by atoms with E-state index in [0.29, 0.717) is 29.3 Å². The summed E-state index contributed by atoms with van der Waals surface area (Å²) >= 11 is 5.89. The first-order valence-corrected chi connectivity index (χ1v) is 8.24. The molecule has 7 heteroatoms. The minimum atomic E-state index is -3.67. The second kappa shape index (κ2) is 7.26. The van der Waals surface area contributed by atoms with E-state index in [1.807, 2.05) is 6.92 Å². The molecule has 114 valence electrons. The summed E-state index contributed by atoms with van der Waals surface area (Å²) in [6.45, 7) is 3.97. The van der Waals surface area contributed by atoms with E-state index in [4.69, 9.17) is 22.1 Å². The lowest BCUT2D eigenvalue weighted by Crippen LogP contribution is -2.38. The second-order valence-electron chi connectivity index (χ2n) is 4.68. The Morgan fingerprint density at radius 1 is 1.45 bits per heavy atom. The molecule has 0 amide bonds. The van der Waals surface area contributed by atoms with Gasteiger partial charge in [0.25, 0.3) is 0 Å². The van der Waals surface area contributed by atoms with E-state index in [1.165, 1.54) is 12.1 Å². The van der Waals surface area contributed by atoms with Gasteiger partial charge < -0.3 is 10.5 Å². The van der Waals surface area contributed by atoms with Crippen molar-refractivity contribution in [2.75, 3.05) is 19.5 Å². The highest BCUT2D eigenvalue weighted by atomic mass is 35.5. The number of anilines is 1. The molecule has 0 radical (unpaired) electrons. The number of nitrogen functional groups attached to an aromatic ring is 1. The van der Waals surface area contributed by atoms with Gasteiger partial charge in [0.05, 0.1) is 11.5 Å². The molecule has 0 aliphatic heterocycles. The normalized spacial score (nSPS) is 13.4. The number of halogens is 1. The standard InChI is InChI=1S/C13H21ClN2O3S/c1-4-5-11(8-19-3)16-20(17,18)13-7-10(14)6-12(15)9(13)2/h6-7,11,16H,4-5,8,15H2,1-3H3. The molecular weight excluding hydrogens is 300 g/mol. The van der Waals surface area contributed by atoms with Crippen LogP contribution in [0.4, 0.5) is 5.69 Å². The van der Waals surface area contributed by atoms with Gasteiger partial charge >= 0.3 is 0 Å². The van der Waals surface area contributed by atoms with E-state index >= 15 is 0 Å². The summed E-state index contributed by atoms with van der Waals surface area (Å²) in [5.41, 5.74) is 6.62. The van der Waals surface area contributed by atoms with Crippen molar-refractivity contribution < 1.29 is 13.2 Å². The van der Waals surface area contributed by atoms with E-state index in [-0.39, 0.29) is 10.9 Å². The lowest BCUT2D eigenvalue weighted by molar-refractivity contribution is 0.171. The summed E-state index contributed by atoms with van der Waals surface area (Å²) in [6, 6.07) is 2.68. The third-order valence-corrected chi connectivity index (χ3v) is 4.85. The maximum Gasteiger partial charge on any atom is 0.241 e. The lowest BCUT2D eigenvalue weighted by atomic mass is 10.2. The van der Waals surface area contributed by atoms with Crippen molar-refractivity contribution in [3.05, 3.63) is 22.7 Å². The summed E-state index contributed by atoms with van der Waals surface area (Å²) in [4.78, 5) is 0.111. The number of nitrogens with one attached hydrogen (secondary N) is 1. The fraction of sp³-hybridized carbons (Fsp3) is 0.538. The molecular formula is C13H21ClN2O3S. The molecule has 1 aromatic carbocycles. The zero-order chi connectivity index (χ0) is 15.3. The zero-order valence-electron chi connectivity index (χ0n) is 11.9. The average molecular weight is 321 g/mol. The SMILES string of the molecule is CCCC(COC)NS(=O)(=O)c1cc(Cl)cc(N)c1C. The molecule has 1 atom stereocenters. The fourth-order valence-corrected chi connectivity index (χ4v) is 3.81. The smallest absolute Gasteiger partial charge is 0.241 e. The predicted molar refractivity (Wildman–Crippen MR) is 81.5 cm³/mol. The van der Waals surface area contributed by atoms with Crippen LogP contribution in [0, 0.1) is 6.92 Å². The Morgan fingerprint density at radius 3 is 2.65 bits per heavy atom. The molecule has 0 bridgehead atoms. The number of hydrogen-bond donors (Lipinski definition) is 2. The largest absolute Gasteiger partial charge is 0.398 e. The number of rotatable bonds is 7. The first-order valence-electron chi connectivity index (χ1n) is 6.38. The van der Waals surface area contributed by atoms with Gasteiger partial charge in [-0.1, -0.05) is 24.9 Å². The summed E-state index contributed by atoms with van der Waals surface area (Å²) in [5, 5.41) is 0.298. The van der Waals surface area contributed by atoms with Crippen LogP contribution in [0.1, 0.15) is 25.3 Å². The molecule has 3 N–H and O–H groups in total. The van der Waals surface area contributed by atoms with Crippen molar-refractivity contribution >= 4 is 27.3 Å². The number of nitrogens with two attached hydrogens (primary N) is 1. The average Bonchev–Trinajstić information content (AvgIpc) is 2.33. The van der Waals surface area contributed by atoms with Crippen molar-refractivity contribution in [3.63, 3.8) is 0 Å². The van der Waals surface area contributed by atoms with Crippen LogP contribution in [0.3, 0.4) is 0 Å². The quantitative estimate of drug-likeness (QED) is 0.755. The van der Waals surface area contributed by atoms with Crippen molar-refractivity contribution in [1.29, 1.82) is 0 Å². The highest BCUT2D eigenvalue weighted by Gasteiger charge is 2.22. The van der Waals surface area contributed by atoms with Gasteiger partial charge in [-0.2, -0.15) is 0 Å². The van der Waals surface area contributed by atoms with Crippen molar-refractivity contribution in [3.8, 4) is 0 Å². The Balaban J connectivity index is 3.10. The van der Waals surface area contributed by atoms with Crippen molar-refractivity contribution in [2.45, 2.75) is 37.6 Å². The lowest BCUT2D eigenvalue weighted by Gasteiger charge is -2.18. The van der Waals surface area contributed by atoms with Crippen LogP contribution in [0.25, 0.3) is 0 Å². The first kappa shape index (κ1) is 17.2. The molecule has 0 saturated carbocycles. The first-order chi connectivity index (χ1) is 9.31. The molecule has 1 rings (SSSR count). The Bertz CT molecular complexity index is 555. The maximum absolute atomic E-state index is 12.4. The Labute approximate surface area is 125 Å². The van der Waals surface area contributed by atoms with Crippen molar-refractivity contribution in [2.24, 2.45) is 0 Å². The number of sulfonamides is 1. The third-order valence-electron chi connectivity index (χ3n) is 2.98. The summed E-state index contributed by atoms with van der Waals surface area (Å²) in [5.74, 6) is 0. The minimum absolute atomic E-state index is 0.111. The highest BCUT2D eigenvalue weighted by Crippen LogP contribution is 2.26. The molecule has 20 heavy (non-hydrogen) atoms. The monoisotopic (exact) mass is 320 g/mol. The summed E-state index contributed by atoms with van der Waals surface area (Å²) in [7, 11) is -2.13. The topological polar surface area (TPSA) is 81.4 Å². The molecule has 0 aliphatic carbocycles. The third kappa shape index (κ3) is 4.34. The molecule has 0 saturated heterocycles. The maximum atomic E-state index is 12.4. The molecule has 0 aromatic heterocycles. The number of methoxy groups -OCH3 is 1. The van der Waals surface area contributed by atoms with Gasteiger partial charge in [0.1, 0.15) is 0 Å². The molecule has 1 aromatic rings. The molecule has 5 nitrogen and oxygen atoms in total. The predicted octanol–water partition coefficient (Wildman–Crippen LogP) is 2.32. The van der Waals surface area contributed by atoms with Crippen LogP contribution in [-0.4, -0.2) is 28.2 Å². The van der Waals surface area contributed by atoms with Gasteiger partial charge in [-0.05, 0) is 31.0 Å². The second-order valence-corrected chi connectivity index (χ2v) is 6.80. The van der Waals surface area contributed by atoms with E-state index in [1.54, 1.807) is 14.0 Å². The van der Waals surface area contributed by atoms with E-state index < -0.39 is 10.0 Å². The van der Waals surface area contributed by atoms with Gasteiger partial charge in [-0.15, -0.1) is 0 Å². The fourth-order valence-electron chi connectivity index (χ4n) is 1.96. The minimum Gasteiger partial charge on any atom is -0.398 e. The molecule has 0 spiro atoms. The van der Waals surface area contributed by atoms with E-state index in [9.17, 15) is 8.42 Å². The molecule has 0 aliphatic rings. The van der Waals surface area contributed by atoms with Gasteiger partial charge in [0.2, 0.25) is 10.0 Å². The van der Waals surface area contributed by atoms with Crippen LogP contribution in [0.5, 0.6) is 0 Å². The number of hydrogen-bond acceptors (Lipinski definition) is 4. The summed E-state index contributed by atoms with van der Waals surface area (Å²) < 4.78 is 32.6. The molecule has 1 unspecified atom stereocenters. The molecule has 0 fully saturated rings. The van der Waals surface area contributed by atoms with Crippen LogP contribution in [-0.2, 0) is 14.8 Å². The Kier molecular flexibility index (Phi) is 6.26. The van der Waals surface area contributed by atoms with E-state index in [2.05, 4.69) is 4.72 Å². The van der Waals surface area contributed by atoms with Crippen molar-refractivity contribution in [1.82, 2.24) is 4.72 Å². The zero-order valence-corrected chi connectivity index (χ0v) is 13.5. The van der Waals surface area contributed by atoms with Gasteiger partial charge in [-0.3, -0.25) is 0 Å². The van der Waals surface area contributed by atoms with Crippen LogP contribution >= 0.6 is 11.6 Å². The van der Waals surface area contributed by atoms with Gasteiger partial charge in [-0.25, -0.2) is 13.1 Å². The number of ether oxygens (including phenoxy) is 1. The number of benzene rings is 1. The Morgan fingerprint density at radius 2 is 2.10 bits per heavy atom. The summed E-state index contributed by atoms with van der Waals surface area (Å²) in [6.07, 6.45) is 1.55. The van der Waals surface area contributed by atoms with Crippen LogP contribution in [0.2, 0.25) is 5.02 Å².